The van der Waals surface area contributed by atoms with Gasteiger partial charge in [-0.25, -0.2) is 4.79 Å². The molecule has 1 aliphatic heterocycles. The van der Waals surface area contributed by atoms with Crippen molar-refractivity contribution < 1.29 is 19.1 Å². The average Bonchev–Trinajstić information content (AvgIpc) is 2.77. The van der Waals surface area contributed by atoms with Crippen molar-refractivity contribution >= 4 is 14.3 Å². The molecular formula is C10H20O4Si. The Morgan fingerprint density at radius 3 is 2.33 bits per heavy atom. The summed E-state index contributed by atoms with van der Waals surface area (Å²) in [6.45, 7) is 11.2. The molecule has 4 nitrogen and oxygen atoms in total. The third kappa shape index (κ3) is 3.03. The van der Waals surface area contributed by atoms with Gasteiger partial charge in [0.25, 0.3) is 0 Å². The molecule has 1 fully saturated rings. The summed E-state index contributed by atoms with van der Waals surface area (Å²) in [6, 6.07) is 0. The van der Waals surface area contributed by atoms with Crippen molar-refractivity contribution in [1.29, 1.82) is 0 Å². The SMILES string of the molecule is CC(C)(C)[Si](C)(C)OCC1O[C@@H]1C(=O)O. The maximum Gasteiger partial charge on any atom is 0.335 e. The van der Waals surface area contributed by atoms with E-state index in [-0.39, 0.29) is 11.1 Å². The van der Waals surface area contributed by atoms with E-state index in [0.717, 1.165) is 0 Å². The van der Waals surface area contributed by atoms with Crippen LogP contribution in [0, 0.1) is 0 Å². The Bertz CT molecular complexity index is 257. The molecule has 0 bridgehead atoms. The number of carboxylic acids is 1. The minimum absolute atomic E-state index is 0.153. The lowest BCUT2D eigenvalue weighted by Gasteiger charge is -2.35. The molecule has 1 rings (SSSR count). The molecule has 0 aromatic rings. The first-order chi connectivity index (χ1) is 6.65. The van der Waals surface area contributed by atoms with E-state index < -0.39 is 20.4 Å². The van der Waals surface area contributed by atoms with Gasteiger partial charge in [0.15, 0.2) is 14.4 Å². The van der Waals surface area contributed by atoms with Crippen molar-refractivity contribution in [3.8, 4) is 0 Å². The van der Waals surface area contributed by atoms with Gasteiger partial charge in [0.1, 0.15) is 6.10 Å². The van der Waals surface area contributed by atoms with E-state index in [1.807, 2.05) is 0 Å². The zero-order valence-electron chi connectivity index (χ0n) is 10.0. The van der Waals surface area contributed by atoms with Crippen molar-refractivity contribution in [2.24, 2.45) is 0 Å². The smallest absolute Gasteiger partial charge is 0.335 e. The molecular weight excluding hydrogens is 212 g/mol. The molecule has 15 heavy (non-hydrogen) atoms. The number of rotatable bonds is 4. The maximum absolute atomic E-state index is 10.5. The van der Waals surface area contributed by atoms with E-state index in [1.165, 1.54) is 0 Å². The fourth-order valence-corrected chi connectivity index (χ4v) is 2.01. The lowest BCUT2D eigenvalue weighted by Crippen LogP contribution is -2.41. The second-order valence-electron chi connectivity index (χ2n) is 5.50. The van der Waals surface area contributed by atoms with E-state index in [2.05, 4.69) is 33.9 Å². The molecule has 0 radical (unpaired) electrons. The summed E-state index contributed by atoms with van der Waals surface area (Å²) >= 11 is 0. The van der Waals surface area contributed by atoms with Gasteiger partial charge in [-0.15, -0.1) is 0 Å². The first-order valence-corrected chi connectivity index (χ1v) is 8.08. The number of hydrogen-bond acceptors (Lipinski definition) is 3. The van der Waals surface area contributed by atoms with Crippen LogP contribution in [0.5, 0.6) is 0 Å². The molecule has 2 atom stereocenters. The van der Waals surface area contributed by atoms with Gasteiger partial charge in [-0.1, -0.05) is 20.8 Å². The molecule has 0 aromatic heterocycles. The van der Waals surface area contributed by atoms with Gasteiger partial charge in [0.05, 0.1) is 6.61 Å². The van der Waals surface area contributed by atoms with Crippen LogP contribution in [0.25, 0.3) is 0 Å². The van der Waals surface area contributed by atoms with Gasteiger partial charge < -0.3 is 14.3 Å². The predicted molar refractivity (Wildman–Crippen MR) is 59.4 cm³/mol. The molecule has 0 saturated carbocycles. The molecule has 1 unspecified atom stereocenters. The van der Waals surface area contributed by atoms with Crippen molar-refractivity contribution in [1.82, 2.24) is 0 Å². The van der Waals surface area contributed by atoms with Crippen LogP contribution < -0.4 is 0 Å². The topological polar surface area (TPSA) is 59.1 Å². The van der Waals surface area contributed by atoms with Gasteiger partial charge in [-0.2, -0.15) is 0 Å². The van der Waals surface area contributed by atoms with Gasteiger partial charge in [-0.3, -0.25) is 0 Å². The van der Waals surface area contributed by atoms with Crippen LogP contribution in [0.2, 0.25) is 18.1 Å². The highest BCUT2D eigenvalue weighted by molar-refractivity contribution is 6.74. The van der Waals surface area contributed by atoms with Crippen molar-refractivity contribution in [3.05, 3.63) is 0 Å². The van der Waals surface area contributed by atoms with Crippen molar-refractivity contribution in [2.45, 2.75) is 51.1 Å². The molecule has 88 valence electrons. The summed E-state index contributed by atoms with van der Waals surface area (Å²) in [5.74, 6) is -0.890. The number of carbonyl (C=O) groups is 1. The number of carboxylic acid groups (broad SMARTS) is 1. The Kier molecular flexibility index (Phi) is 3.28. The minimum atomic E-state index is -1.76. The maximum atomic E-state index is 10.5. The molecule has 0 spiro atoms. The van der Waals surface area contributed by atoms with Crippen LogP contribution >= 0.6 is 0 Å². The van der Waals surface area contributed by atoms with E-state index >= 15 is 0 Å². The molecule has 5 heteroatoms. The fraction of sp³-hybridized carbons (Fsp3) is 0.900. The quantitative estimate of drug-likeness (QED) is 0.593. The normalized spacial score (nSPS) is 26.5. The van der Waals surface area contributed by atoms with Gasteiger partial charge in [0.2, 0.25) is 0 Å². The van der Waals surface area contributed by atoms with Gasteiger partial charge in [0, 0.05) is 0 Å². The second kappa shape index (κ2) is 3.88. The van der Waals surface area contributed by atoms with Gasteiger partial charge in [-0.05, 0) is 18.1 Å². The highest BCUT2D eigenvalue weighted by Crippen LogP contribution is 2.37. The third-order valence-electron chi connectivity index (χ3n) is 3.24. The van der Waals surface area contributed by atoms with E-state index in [4.69, 9.17) is 14.3 Å². The van der Waals surface area contributed by atoms with E-state index in [9.17, 15) is 4.79 Å². The Morgan fingerprint density at radius 1 is 1.47 bits per heavy atom. The van der Waals surface area contributed by atoms with Crippen LogP contribution in [-0.2, 0) is 14.0 Å². The Labute approximate surface area is 91.7 Å². The minimum Gasteiger partial charge on any atom is -0.479 e. The highest BCUT2D eigenvalue weighted by atomic mass is 28.4. The van der Waals surface area contributed by atoms with Crippen LogP contribution in [0.15, 0.2) is 0 Å². The summed E-state index contributed by atoms with van der Waals surface area (Å²) in [5, 5.41) is 8.80. The molecule has 1 heterocycles. The lowest BCUT2D eigenvalue weighted by molar-refractivity contribution is -0.138. The highest BCUT2D eigenvalue weighted by Gasteiger charge is 2.47. The summed E-state index contributed by atoms with van der Waals surface area (Å²) in [6.07, 6.45) is -0.883. The van der Waals surface area contributed by atoms with Crippen molar-refractivity contribution in [2.75, 3.05) is 6.61 Å². The molecule has 0 aliphatic carbocycles. The summed E-state index contributed by atoms with van der Waals surface area (Å²) < 4.78 is 10.8. The first kappa shape index (κ1) is 12.7. The fourth-order valence-electron chi connectivity index (χ4n) is 0.994. The Balaban J connectivity index is 2.36. The van der Waals surface area contributed by atoms with Crippen LogP contribution in [-0.4, -0.2) is 38.2 Å². The summed E-state index contributed by atoms with van der Waals surface area (Å²) in [7, 11) is -1.76. The Hall–Kier alpha value is -0.393. The first-order valence-electron chi connectivity index (χ1n) is 5.17. The number of hydrogen-bond donors (Lipinski definition) is 1. The molecule has 0 aromatic carbocycles. The monoisotopic (exact) mass is 232 g/mol. The number of epoxide rings is 1. The molecule has 1 saturated heterocycles. The number of aliphatic carboxylic acids is 1. The largest absolute Gasteiger partial charge is 0.479 e. The molecule has 1 N–H and O–H groups in total. The second-order valence-corrected chi connectivity index (χ2v) is 10.3. The summed E-state index contributed by atoms with van der Waals surface area (Å²) in [4.78, 5) is 10.5. The summed E-state index contributed by atoms with van der Waals surface area (Å²) in [5.41, 5.74) is 0. The zero-order chi connectivity index (χ0) is 11.9. The Morgan fingerprint density at radius 2 is 2.00 bits per heavy atom. The zero-order valence-corrected chi connectivity index (χ0v) is 11.0. The van der Waals surface area contributed by atoms with Crippen LogP contribution in [0.1, 0.15) is 20.8 Å². The van der Waals surface area contributed by atoms with E-state index in [1.54, 1.807) is 0 Å². The third-order valence-corrected chi connectivity index (χ3v) is 7.74. The molecule has 0 amide bonds. The average molecular weight is 232 g/mol. The predicted octanol–water partition coefficient (Wildman–Crippen LogP) is 1.86. The van der Waals surface area contributed by atoms with Crippen molar-refractivity contribution in [3.63, 3.8) is 0 Å². The van der Waals surface area contributed by atoms with Gasteiger partial charge >= 0.3 is 5.97 Å². The number of ether oxygens (including phenoxy) is 1. The van der Waals surface area contributed by atoms with Crippen LogP contribution in [0.4, 0.5) is 0 Å². The van der Waals surface area contributed by atoms with Crippen LogP contribution in [0.3, 0.4) is 0 Å². The van der Waals surface area contributed by atoms with E-state index in [0.29, 0.717) is 6.61 Å². The lowest BCUT2D eigenvalue weighted by atomic mass is 10.2. The molecule has 1 aliphatic rings. The standard InChI is InChI=1S/C10H20O4Si/c1-10(2,3)15(4,5)13-6-7-8(14-7)9(11)12/h7-8H,6H2,1-5H3,(H,11,12)/t7?,8-/m0/s1.